The zero-order chi connectivity index (χ0) is 25.4. The Bertz CT molecular complexity index is 850. The van der Waals surface area contributed by atoms with Crippen LogP contribution in [-0.4, -0.2) is 59.4 Å². The van der Waals surface area contributed by atoms with Gasteiger partial charge in [-0.3, -0.25) is 9.59 Å². The Balaban J connectivity index is 1.54. The number of nitrogens with one attached hydrogen (secondary N) is 2. The van der Waals surface area contributed by atoms with Crippen LogP contribution in [0.15, 0.2) is 24.3 Å². The molecule has 0 radical (unpaired) electrons. The van der Waals surface area contributed by atoms with Gasteiger partial charge in [-0.05, 0) is 49.3 Å². The largest absolute Gasteiger partial charge is 0.337 e. The lowest BCUT2D eigenvalue weighted by atomic mass is 9.97. The molecule has 194 valence electrons. The lowest BCUT2D eigenvalue weighted by Crippen LogP contribution is -2.60. The lowest BCUT2D eigenvalue weighted by Gasteiger charge is -2.41. The van der Waals surface area contributed by atoms with E-state index in [1.165, 1.54) is 31.2 Å². The van der Waals surface area contributed by atoms with Gasteiger partial charge in [0.25, 0.3) is 0 Å². The summed E-state index contributed by atoms with van der Waals surface area (Å²) < 4.78 is 0. The standard InChI is InChI=1S/C28H44N4O3/c1-5-20(3)26(30-28(35)29-24-14-11-22(6-2)12-15-24)27(34)31-17-18-32(21(4)19-31)25(33)16-13-23-9-7-8-10-23/h11-12,14-15,20-21,23,26H,5-10,13,16-19H2,1-4H3,(H2,29,30,35). The average molecular weight is 485 g/mol. The van der Waals surface area contributed by atoms with Gasteiger partial charge in [0.15, 0.2) is 0 Å². The highest BCUT2D eigenvalue weighted by Gasteiger charge is 2.35. The predicted molar refractivity (Wildman–Crippen MR) is 140 cm³/mol. The molecule has 1 aliphatic carbocycles. The van der Waals surface area contributed by atoms with Crippen molar-refractivity contribution in [2.75, 3.05) is 25.0 Å². The Morgan fingerprint density at radius 3 is 2.34 bits per heavy atom. The molecule has 2 fully saturated rings. The Morgan fingerprint density at radius 1 is 1.06 bits per heavy atom. The molecule has 7 nitrogen and oxygen atoms in total. The monoisotopic (exact) mass is 484 g/mol. The van der Waals surface area contributed by atoms with E-state index in [-0.39, 0.29) is 29.8 Å². The number of benzene rings is 1. The molecule has 1 aliphatic heterocycles. The van der Waals surface area contributed by atoms with Gasteiger partial charge in [-0.15, -0.1) is 0 Å². The highest BCUT2D eigenvalue weighted by atomic mass is 16.2. The minimum absolute atomic E-state index is 0.00269. The van der Waals surface area contributed by atoms with Crippen molar-refractivity contribution in [2.45, 2.75) is 91.1 Å². The molecule has 35 heavy (non-hydrogen) atoms. The molecule has 3 rings (SSSR count). The quantitative estimate of drug-likeness (QED) is 0.527. The number of urea groups is 1. The van der Waals surface area contributed by atoms with Gasteiger partial charge in [-0.25, -0.2) is 4.79 Å². The van der Waals surface area contributed by atoms with Crippen molar-refractivity contribution in [1.82, 2.24) is 15.1 Å². The minimum Gasteiger partial charge on any atom is -0.337 e. The molecule has 1 saturated heterocycles. The molecule has 0 spiro atoms. The van der Waals surface area contributed by atoms with Crippen molar-refractivity contribution in [2.24, 2.45) is 11.8 Å². The second kappa shape index (κ2) is 12.9. The summed E-state index contributed by atoms with van der Waals surface area (Å²) in [7, 11) is 0. The number of amides is 4. The first-order valence-electron chi connectivity index (χ1n) is 13.6. The highest BCUT2D eigenvalue weighted by Crippen LogP contribution is 2.29. The smallest absolute Gasteiger partial charge is 0.319 e. The van der Waals surface area contributed by atoms with Gasteiger partial charge < -0.3 is 20.4 Å². The second-order valence-electron chi connectivity index (χ2n) is 10.4. The third-order valence-electron chi connectivity index (χ3n) is 7.89. The van der Waals surface area contributed by atoms with Crippen LogP contribution in [0, 0.1) is 11.8 Å². The molecule has 1 heterocycles. The third kappa shape index (κ3) is 7.45. The van der Waals surface area contributed by atoms with E-state index in [0.717, 1.165) is 19.3 Å². The van der Waals surface area contributed by atoms with E-state index in [2.05, 4.69) is 17.6 Å². The minimum atomic E-state index is -0.605. The van der Waals surface area contributed by atoms with Crippen LogP contribution in [0.1, 0.15) is 78.2 Å². The summed E-state index contributed by atoms with van der Waals surface area (Å²) in [4.78, 5) is 42.8. The molecular formula is C28H44N4O3. The predicted octanol–water partition coefficient (Wildman–Crippen LogP) is 4.81. The molecule has 2 N–H and O–H groups in total. The SMILES string of the molecule is CCc1ccc(NC(=O)NC(C(=O)N2CCN(C(=O)CCC3CCCC3)C(C)C2)C(C)CC)cc1. The van der Waals surface area contributed by atoms with Crippen molar-refractivity contribution in [3.8, 4) is 0 Å². The van der Waals surface area contributed by atoms with Crippen molar-refractivity contribution < 1.29 is 14.4 Å². The normalized spacial score (nSPS) is 20.4. The van der Waals surface area contributed by atoms with Crippen LogP contribution in [0.5, 0.6) is 0 Å². The van der Waals surface area contributed by atoms with Gasteiger partial charge in [0.05, 0.1) is 0 Å². The third-order valence-corrected chi connectivity index (χ3v) is 7.89. The summed E-state index contributed by atoms with van der Waals surface area (Å²) in [6.07, 6.45) is 8.42. The fourth-order valence-corrected chi connectivity index (χ4v) is 5.31. The van der Waals surface area contributed by atoms with Crippen molar-refractivity contribution in [3.63, 3.8) is 0 Å². The zero-order valence-electron chi connectivity index (χ0n) is 22.0. The summed E-state index contributed by atoms with van der Waals surface area (Å²) in [5.41, 5.74) is 1.90. The molecule has 7 heteroatoms. The average Bonchev–Trinajstić information content (AvgIpc) is 3.39. The van der Waals surface area contributed by atoms with E-state index >= 15 is 0 Å². The van der Waals surface area contributed by atoms with E-state index in [4.69, 9.17) is 0 Å². The number of carbonyl (C=O) groups excluding carboxylic acids is 3. The van der Waals surface area contributed by atoms with E-state index in [0.29, 0.717) is 37.7 Å². The van der Waals surface area contributed by atoms with Gasteiger partial charge in [0, 0.05) is 37.8 Å². The molecule has 3 unspecified atom stereocenters. The summed E-state index contributed by atoms with van der Waals surface area (Å²) in [6.45, 7) is 9.69. The van der Waals surface area contributed by atoms with Crippen molar-refractivity contribution in [1.29, 1.82) is 0 Å². The first kappa shape index (κ1) is 27.0. The summed E-state index contributed by atoms with van der Waals surface area (Å²) in [5, 5.41) is 5.78. The second-order valence-corrected chi connectivity index (χ2v) is 10.4. The number of piperazine rings is 1. The lowest BCUT2D eigenvalue weighted by molar-refractivity contribution is -0.144. The van der Waals surface area contributed by atoms with Crippen LogP contribution in [0.3, 0.4) is 0 Å². The molecular weight excluding hydrogens is 440 g/mol. The molecule has 1 aromatic rings. The molecule has 0 aromatic heterocycles. The van der Waals surface area contributed by atoms with Crippen molar-refractivity contribution >= 4 is 23.5 Å². The van der Waals surface area contributed by atoms with Gasteiger partial charge in [-0.1, -0.05) is 65.0 Å². The summed E-state index contributed by atoms with van der Waals surface area (Å²) in [5.74, 6) is 0.842. The van der Waals surface area contributed by atoms with Crippen LogP contribution in [0.4, 0.5) is 10.5 Å². The van der Waals surface area contributed by atoms with Gasteiger partial charge in [0.1, 0.15) is 6.04 Å². The van der Waals surface area contributed by atoms with Gasteiger partial charge in [-0.2, -0.15) is 0 Å². The number of hydrogen-bond donors (Lipinski definition) is 2. The van der Waals surface area contributed by atoms with Crippen LogP contribution in [0.2, 0.25) is 0 Å². The first-order valence-corrected chi connectivity index (χ1v) is 13.6. The van der Waals surface area contributed by atoms with Crippen LogP contribution in [0.25, 0.3) is 0 Å². The molecule has 1 aromatic carbocycles. The van der Waals surface area contributed by atoms with E-state index in [1.807, 2.05) is 54.8 Å². The molecule has 2 aliphatic rings. The fourth-order valence-electron chi connectivity index (χ4n) is 5.31. The molecule has 1 saturated carbocycles. The highest BCUT2D eigenvalue weighted by molar-refractivity contribution is 5.94. The number of nitrogens with zero attached hydrogens (tertiary/aromatic N) is 2. The van der Waals surface area contributed by atoms with E-state index < -0.39 is 6.04 Å². The van der Waals surface area contributed by atoms with Gasteiger partial charge >= 0.3 is 6.03 Å². The molecule has 3 atom stereocenters. The van der Waals surface area contributed by atoms with Gasteiger partial charge in [0.2, 0.25) is 11.8 Å². The maximum Gasteiger partial charge on any atom is 0.319 e. The van der Waals surface area contributed by atoms with Crippen LogP contribution in [-0.2, 0) is 16.0 Å². The summed E-state index contributed by atoms with van der Waals surface area (Å²) >= 11 is 0. The topological polar surface area (TPSA) is 81.8 Å². The Morgan fingerprint density at radius 2 is 1.74 bits per heavy atom. The summed E-state index contributed by atoms with van der Waals surface area (Å²) in [6, 6.07) is 6.73. The number of rotatable bonds is 9. The fraction of sp³-hybridized carbons (Fsp3) is 0.679. The molecule has 0 bridgehead atoms. The number of aryl methyl sites for hydroxylation is 1. The number of carbonyl (C=O) groups is 3. The Labute approximate surface area is 211 Å². The first-order chi connectivity index (χ1) is 16.8. The number of anilines is 1. The maximum absolute atomic E-state index is 13.5. The zero-order valence-corrected chi connectivity index (χ0v) is 22.0. The van der Waals surface area contributed by atoms with Crippen LogP contribution >= 0.6 is 0 Å². The maximum atomic E-state index is 13.5. The number of hydrogen-bond acceptors (Lipinski definition) is 3. The van der Waals surface area contributed by atoms with E-state index in [1.54, 1.807) is 0 Å². The Hall–Kier alpha value is -2.57. The van der Waals surface area contributed by atoms with Crippen LogP contribution < -0.4 is 10.6 Å². The molecule has 4 amide bonds. The Kier molecular flexibility index (Phi) is 9.99. The van der Waals surface area contributed by atoms with E-state index in [9.17, 15) is 14.4 Å². The van der Waals surface area contributed by atoms with Crippen molar-refractivity contribution in [3.05, 3.63) is 29.8 Å².